The molecule has 2 fully saturated rings. The molecule has 2 aliphatic rings. The summed E-state index contributed by atoms with van der Waals surface area (Å²) in [4.78, 5) is 22.2. The third-order valence-corrected chi connectivity index (χ3v) is 4.12. The Morgan fingerprint density at radius 3 is 2.22 bits per heavy atom. The molecule has 0 N–H and O–H groups in total. The summed E-state index contributed by atoms with van der Waals surface area (Å²) in [5.74, 6) is 0.571. The number of rotatable bonds is 6. The van der Waals surface area contributed by atoms with Crippen LogP contribution in [0.5, 0.6) is 0 Å². The lowest BCUT2D eigenvalue weighted by Crippen LogP contribution is -2.23. The number of esters is 2. The van der Waals surface area contributed by atoms with E-state index in [1.807, 2.05) is 20.8 Å². The fourth-order valence-corrected chi connectivity index (χ4v) is 2.61. The molecule has 134 valence electrons. The lowest BCUT2D eigenvalue weighted by atomic mass is 9.94. The topological polar surface area (TPSA) is 71.1 Å². The van der Waals surface area contributed by atoms with Gasteiger partial charge < -0.3 is 18.9 Å². The van der Waals surface area contributed by atoms with Gasteiger partial charge >= 0.3 is 11.9 Å². The van der Waals surface area contributed by atoms with E-state index in [1.165, 1.54) is 0 Å². The monoisotopic (exact) mass is 330 g/mol. The normalized spacial score (nSPS) is 24.5. The summed E-state index contributed by atoms with van der Waals surface area (Å²) in [6.07, 6.45) is 2.51. The highest BCUT2D eigenvalue weighted by Gasteiger charge is 2.28. The molecule has 0 spiro atoms. The van der Waals surface area contributed by atoms with E-state index in [4.69, 9.17) is 18.9 Å². The molecule has 0 saturated carbocycles. The molecule has 3 atom stereocenters. The zero-order valence-corrected chi connectivity index (χ0v) is 14.5. The van der Waals surface area contributed by atoms with Crippen LogP contribution in [0.4, 0.5) is 0 Å². The summed E-state index contributed by atoms with van der Waals surface area (Å²) < 4.78 is 20.1. The highest BCUT2D eigenvalue weighted by atomic mass is 16.5. The first-order chi connectivity index (χ1) is 11.1. The summed E-state index contributed by atoms with van der Waals surface area (Å²) in [5, 5.41) is 0. The second-order valence-corrected chi connectivity index (χ2v) is 5.90. The van der Waals surface area contributed by atoms with E-state index in [0.717, 1.165) is 32.7 Å². The molecule has 0 radical (unpaired) electrons. The molecule has 2 heterocycles. The molecule has 0 bridgehead atoms. The van der Waals surface area contributed by atoms with Gasteiger partial charge in [0, 0.05) is 13.2 Å². The molecular formula is C17H30O6. The minimum absolute atomic E-state index is 0.00699. The number of ether oxygens (including phenoxy) is 4. The van der Waals surface area contributed by atoms with Gasteiger partial charge in [0.2, 0.25) is 0 Å². The van der Waals surface area contributed by atoms with E-state index < -0.39 is 0 Å². The van der Waals surface area contributed by atoms with Crippen molar-refractivity contribution in [3.63, 3.8) is 0 Å². The molecule has 3 unspecified atom stereocenters. The van der Waals surface area contributed by atoms with Crippen molar-refractivity contribution in [2.75, 3.05) is 39.6 Å². The van der Waals surface area contributed by atoms with Gasteiger partial charge in [0.05, 0.1) is 38.8 Å². The third-order valence-electron chi connectivity index (χ3n) is 4.12. The minimum Gasteiger partial charge on any atom is -0.466 e. The van der Waals surface area contributed by atoms with Crippen molar-refractivity contribution < 1.29 is 28.5 Å². The van der Waals surface area contributed by atoms with Crippen LogP contribution in [0.25, 0.3) is 0 Å². The van der Waals surface area contributed by atoms with E-state index in [9.17, 15) is 9.59 Å². The van der Waals surface area contributed by atoms with E-state index in [2.05, 4.69) is 0 Å². The zero-order valence-electron chi connectivity index (χ0n) is 14.5. The van der Waals surface area contributed by atoms with Crippen LogP contribution in [0, 0.1) is 17.8 Å². The molecule has 2 aliphatic heterocycles. The highest BCUT2D eigenvalue weighted by molar-refractivity contribution is 5.72. The van der Waals surface area contributed by atoms with Gasteiger partial charge in [-0.15, -0.1) is 0 Å². The minimum atomic E-state index is -0.0944. The van der Waals surface area contributed by atoms with Crippen molar-refractivity contribution >= 4 is 11.9 Å². The lowest BCUT2D eigenvalue weighted by molar-refractivity contribution is -0.149. The summed E-state index contributed by atoms with van der Waals surface area (Å²) >= 11 is 0. The Hall–Kier alpha value is -1.14. The fraction of sp³-hybridized carbons (Fsp3) is 0.882. The Bertz CT molecular complexity index is 345. The Balaban J connectivity index is 0.000000231. The maximum atomic E-state index is 11.3. The van der Waals surface area contributed by atoms with Crippen LogP contribution in [0.1, 0.15) is 40.0 Å². The number of carbonyl (C=O) groups is 2. The summed E-state index contributed by atoms with van der Waals surface area (Å²) in [5.41, 5.74) is 0. The van der Waals surface area contributed by atoms with Gasteiger partial charge in [0.25, 0.3) is 0 Å². The molecule has 0 amide bonds. The molecule has 6 nitrogen and oxygen atoms in total. The Morgan fingerprint density at radius 1 is 1.04 bits per heavy atom. The third kappa shape index (κ3) is 7.79. The van der Waals surface area contributed by atoms with Crippen molar-refractivity contribution in [2.45, 2.75) is 40.0 Å². The quantitative estimate of drug-likeness (QED) is 0.695. The maximum Gasteiger partial charge on any atom is 0.309 e. The molecule has 2 saturated heterocycles. The smallest absolute Gasteiger partial charge is 0.309 e. The summed E-state index contributed by atoms with van der Waals surface area (Å²) in [6, 6.07) is 0. The lowest BCUT2D eigenvalue weighted by Gasteiger charge is -2.15. The molecule has 6 heteroatoms. The van der Waals surface area contributed by atoms with Crippen molar-refractivity contribution in [2.24, 2.45) is 17.8 Å². The fourth-order valence-electron chi connectivity index (χ4n) is 2.61. The van der Waals surface area contributed by atoms with Crippen LogP contribution in [-0.4, -0.2) is 51.6 Å². The van der Waals surface area contributed by atoms with Gasteiger partial charge in [-0.3, -0.25) is 9.59 Å². The van der Waals surface area contributed by atoms with Gasteiger partial charge in [-0.05, 0) is 38.5 Å². The van der Waals surface area contributed by atoms with Crippen molar-refractivity contribution in [3.8, 4) is 0 Å². The van der Waals surface area contributed by atoms with Crippen molar-refractivity contribution in [1.82, 2.24) is 0 Å². The molecule has 23 heavy (non-hydrogen) atoms. The molecule has 0 aromatic heterocycles. The molecule has 0 aliphatic carbocycles. The van der Waals surface area contributed by atoms with Gasteiger partial charge in [-0.2, -0.15) is 0 Å². The first kappa shape index (κ1) is 19.9. The SMILES string of the molecule is CCOC(=O)C(C)C1CCOC1.CCOC(=O)CC1CCOC1. The van der Waals surface area contributed by atoms with Crippen LogP contribution in [0.2, 0.25) is 0 Å². The standard InChI is InChI=1S/C9H16O3.C8H14O3/c1-3-12-9(10)7(2)8-4-5-11-6-8;1-2-11-8(9)5-7-3-4-10-6-7/h7-8H,3-6H2,1-2H3;7H,2-6H2,1H3. The number of hydrogen-bond donors (Lipinski definition) is 0. The van der Waals surface area contributed by atoms with E-state index in [-0.39, 0.29) is 17.9 Å². The second kappa shape index (κ2) is 11.4. The van der Waals surface area contributed by atoms with E-state index >= 15 is 0 Å². The number of hydrogen-bond acceptors (Lipinski definition) is 6. The van der Waals surface area contributed by atoms with Crippen LogP contribution in [-0.2, 0) is 28.5 Å². The van der Waals surface area contributed by atoms with Gasteiger partial charge in [-0.25, -0.2) is 0 Å². The zero-order chi connectivity index (χ0) is 17.1. The van der Waals surface area contributed by atoms with E-state index in [0.29, 0.717) is 38.1 Å². The Kier molecular flexibility index (Phi) is 9.87. The first-order valence-electron chi connectivity index (χ1n) is 8.56. The highest BCUT2D eigenvalue weighted by Crippen LogP contribution is 2.22. The largest absolute Gasteiger partial charge is 0.466 e. The first-order valence-corrected chi connectivity index (χ1v) is 8.56. The molecule has 2 rings (SSSR count). The Morgan fingerprint density at radius 2 is 1.70 bits per heavy atom. The number of carbonyl (C=O) groups excluding carboxylic acids is 2. The van der Waals surface area contributed by atoms with Gasteiger partial charge in [0.15, 0.2) is 0 Å². The molecule has 0 aromatic carbocycles. The average molecular weight is 330 g/mol. The Labute approximate surface area is 138 Å². The summed E-state index contributed by atoms with van der Waals surface area (Å²) in [7, 11) is 0. The summed E-state index contributed by atoms with van der Waals surface area (Å²) in [6.45, 7) is 9.52. The maximum absolute atomic E-state index is 11.3. The average Bonchev–Trinajstić information content (AvgIpc) is 3.21. The van der Waals surface area contributed by atoms with Crippen LogP contribution in [0.15, 0.2) is 0 Å². The van der Waals surface area contributed by atoms with Crippen molar-refractivity contribution in [3.05, 3.63) is 0 Å². The van der Waals surface area contributed by atoms with Gasteiger partial charge in [-0.1, -0.05) is 6.92 Å². The van der Waals surface area contributed by atoms with Crippen molar-refractivity contribution in [1.29, 1.82) is 0 Å². The predicted molar refractivity (Wildman–Crippen MR) is 84.9 cm³/mol. The molecular weight excluding hydrogens is 300 g/mol. The second-order valence-electron chi connectivity index (χ2n) is 5.90. The van der Waals surface area contributed by atoms with Gasteiger partial charge in [0.1, 0.15) is 0 Å². The predicted octanol–water partition coefficient (Wildman–Crippen LogP) is 2.20. The van der Waals surface area contributed by atoms with Crippen LogP contribution < -0.4 is 0 Å². The van der Waals surface area contributed by atoms with E-state index in [1.54, 1.807) is 0 Å². The molecule has 0 aromatic rings. The van der Waals surface area contributed by atoms with Crippen LogP contribution in [0.3, 0.4) is 0 Å². The van der Waals surface area contributed by atoms with Crippen LogP contribution >= 0.6 is 0 Å².